The Bertz CT molecular complexity index is 225. The Kier molecular flexibility index (Phi) is 10.8. The van der Waals surface area contributed by atoms with Gasteiger partial charge in [0.1, 0.15) is 14.9 Å². The van der Waals surface area contributed by atoms with Crippen molar-refractivity contribution in [2.45, 2.75) is 32.2 Å². The van der Waals surface area contributed by atoms with Gasteiger partial charge in [0.2, 0.25) is 0 Å². The van der Waals surface area contributed by atoms with E-state index in [4.69, 9.17) is 9.47 Å². The van der Waals surface area contributed by atoms with E-state index in [0.717, 1.165) is 0 Å². The van der Waals surface area contributed by atoms with Crippen LogP contribution in [0.4, 0.5) is 0 Å². The van der Waals surface area contributed by atoms with E-state index < -0.39 is 8.07 Å². The number of hydrogen-bond donors (Lipinski definition) is 0. The Hall–Kier alpha value is 0.0343. The van der Waals surface area contributed by atoms with Gasteiger partial charge in [-0.15, -0.1) is 12.0 Å². The van der Waals surface area contributed by atoms with Gasteiger partial charge in [0.25, 0.3) is 0 Å². The molecule has 0 aromatic heterocycles. The molecule has 2 nitrogen and oxygen atoms in total. The monoisotopic (exact) mass is 218 g/mol. The third-order valence-electron chi connectivity index (χ3n) is 1.32. The smallest absolute Gasteiger partial charge is 0.501 e. The van der Waals surface area contributed by atoms with Crippen LogP contribution in [-0.2, 0) is 9.47 Å². The molecule has 0 aliphatic rings. The Morgan fingerprint density at radius 1 is 1.40 bits per heavy atom. The largest absolute Gasteiger partial charge is 1.00 e. The van der Waals surface area contributed by atoms with Gasteiger partial charge < -0.3 is 15.5 Å². The van der Waals surface area contributed by atoms with Crippen molar-refractivity contribution in [3.05, 3.63) is 12.7 Å². The van der Waals surface area contributed by atoms with Crippen molar-refractivity contribution < 1.29 is 28.3 Å². The molecule has 0 saturated heterocycles. The molecule has 0 fully saturated rings. The van der Waals surface area contributed by atoms with Gasteiger partial charge >= 0.3 is 18.9 Å². The summed E-state index contributed by atoms with van der Waals surface area (Å²) in [4.78, 5) is 0. The van der Waals surface area contributed by atoms with Gasteiger partial charge in [0.15, 0.2) is 0 Å². The molecule has 0 saturated carbocycles. The minimum atomic E-state index is -1.32. The molecule has 15 heavy (non-hydrogen) atoms. The molecule has 0 aliphatic carbocycles. The van der Waals surface area contributed by atoms with E-state index in [9.17, 15) is 0 Å². The first kappa shape index (κ1) is 17.4. The Labute approximate surface area is 107 Å². The maximum atomic E-state index is 5.35. The molecule has 0 radical (unpaired) electrons. The van der Waals surface area contributed by atoms with E-state index >= 15 is 0 Å². The average molecular weight is 218 g/mol. The van der Waals surface area contributed by atoms with Crippen molar-refractivity contribution >= 4 is 8.07 Å². The molecule has 0 amide bonds. The Morgan fingerprint density at radius 3 is 2.40 bits per heavy atom. The van der Waals surface area contributed by atoms with Crippen molar-refractivity contribution in [1.29, 1.82) is 0 Å². The summed E-state index contributed by atoms with van der Waals surface area (Å²) in [6.07, 6.45) is 3.30. The minimum Gasteiger partial charge on any atom is -0.501 e. The van der Waals surface area contributed by atoms with Crippen LogP contribution < -0.4 is 18.9 Å². The van der Waals surface area contributed by atoms with E-state index in [1.54, 1.807) is 7.11 Å². The van der Waals surface area contributed by atoms with Crippen molar-refractivity contribution in [1.82, 2.24) is 0 Å². The molecule has 0 aromatic rings. The van der Waals surface area contributed by atoms with Crippen LogP contribution in [0.25, 0.3) is 0 Å². The zero-order valence-corrected chi connectivity index (χ0v) is 11.5. The molecule has 0 heterocycles. The molecule has 1 atom stereocenters. The molecule has 0 spiro atoms. The third-order valence-corrected chi connectivity index (χ3v) is 2.22. The molecule has 0 aliphatic heterocycles. The first-order valence-corrected chi connectivity index (χ1v) is 8.13. The maximum absolute atomic E-state index is 5.35. The molecule has 1 unspecified atom stereocenters. The normalized spacial score (nSPS) is 12.0. The first-order valence-electron chi connectivity index (χ1n) is 4.63. The summed E-state index contributed by atoms with van der Waals surface area (Å²) in [5.74, 6) is 3.10. The van der Waals surface area contributed by atoms with Crippen molar-refractivity contribution in [3.8, 4) is 11.5 Å². The number of methoxy groups -OCH3 is 1. The summed E-state index contributed by atoms with van der Waals surface area (Å²) in [5.41, 5.74) is 3.26. The quantitative estimate of drug-likeness (QED) is 0.261. The molecule has 0 rings (SSSR count). The third kappa shape index (κ3) is 12.0. The van der Waals surface area contributed by atoms with Crippen LogP contribution in [0.2, 0.25) is 19.6 Å². The zero-order chi connectivity index (χ0) is 11.0. The molecule has 4 heteroatoms. The Morgan fingerprint density at radius 2 is 2.00 bits per heavy atom. The maximum Gasteiger partial charge on any atom is 1.00 e. The fraction of sp³-hybridized carbons (Fsp3) is 0.636. The fourth-order valence-corrected chi connectivity index (χ4v) is 1.32. The molecule has 0 bridgehead atoms. The van der Waals surface area contributed by atoms with Crippen LogP contribution in [0.5, 0.6) is 0 Å². The molecule has 80 valence electrons. The summed E-state index contributed by atoms with van der Waals surface area (Å²) in [6.45, 7) is 10.4. The zero-order valence-electron chi connectivity index (χ0n) is 10.5. The standard InChI is InChI=1S/C11H19O2Si.Li/c1-6-7-11(13-10-12-2)8-9-14(3,4)5;/h11H,1,7,10H2,2-5H3;/q-1;+1. The topological polar surface area (TPSA) is 18.5 Å². The predicted molar refractivity (Wildman–Crippen MR) is 61.4 cm³/mol. The first-order chi connectivity index (χ1) is 6.49. The van der Waals surface area contributed by atoms with E-state index in [0.29, 0.717) is 6.42 Å². The van der Waals surface area contributed by atoms with Crippen LogP contribution in [0, 0.1) is 17.5 Å². The summed E-state index contributed by atoms with van der Waals surface area (Å²) < 4.78 is 10.2. The second-order valence-electron chi connectivity index (χ2n) is 4.04. The average Bonchev–Trinajstić information content (AvgIpc) is 2.08. The Balaban J connectivity index is 0. The number of hydrogen-bond acceptors (Lipinski definition) is 2. The van der Waals surface area contributed by atoms with Crippen LogP contribution in [0.1, 0.15) is 6.42 Å². The van der Waals surface area contributed by atoms with Crippen LogP contribution in [0.15, 0.2) is 6.58 Å². The number of rotatable bonds is 5. The van der Waals surface area contributed by atoms with Gasteiger partial charge in [0.05, 0.1) is 6.10 Å². The van der Waals surface area contributed by atoms with Crippen LogP contribution in [-0.4, -0.2) is 28.1 Å². The summed E-state index contributed by atoms with van der Waals surface area (Å²) in [6, 6.07) is 0. The van der Waals surface area contributed by atoms with Gasteiger partial charge in [0, 0.05) is 7.11 Å². The second kappa shape index (κ2) is 9.27. The summed E-state index contributed by atoms with van der Waals surface area (Å²) in [7, 11) is 0.279. The van der Waals surface area contributed by atoms with E-state index in [1.807, 2.05) is 0 Å². The van der Waals surface area contributed by atoms with Gasteiger partial charge in [-0.3, -0.25) is 6.58 Å². The van der Waals surface area contributed by atoms with Crippen molar-refractivity contribution in [2.24, 2.45) is 0 Å². The van der Waals surface area contributed by atoms with Gasteiger partial charge in [-0.05, 0) is 0 Å². The molecular weight excluding hydrogens is 199 g/mol. The summed E-state index contributed by atoms with van der Waals surface area (Å²) >= 11 is 0. The van der Waals surface area contributed by atoms with Crippen LogP contribution in [0.3, 0.4) is 0 Å². The predicted octanol–water partition coefficient (Wildman–Crippen LogP) is -0.760. The number of ether oxygens (including phenoxy) is 2. The second-order valence-corrected chi connectivity index (χ2v) is 8.79. The fourth-order valence-electron chi connectivity index (χ4n) is 0.730. The SMILES string of the molecule is C=[C-]CC(C#C[Si](C)(C)C)OCOC.[Li+]. The van der Waals surface area contributed by atoms with Gasteiger partial charge in [-0.25, -0.2) is 0 Å². The van der Waals surface area contributed by atoms with Gasteiger partial charge in [-0.2, -0.15) is 0 Å². The van der Waals surface area contributed by atoms with E-state index in [-0.39, 0.29) is 31.8 Å². The molecule has 0 N–H and O–H groups in total. The molecule has 0 aromatic carbocycles. The van der Waals surface area contributed by atoms with E-state index in [2.05, 4.69) is 43.8 Å². The van der Waals surface area contributed by atoms with Crippen LogP contribution >= 0.6 is 0 Å². The van der Waals surface area contributed by atoms with Gasteiger partial charge in [-0.1, -0.05) is 25.6 Å². The summed E-state index contributed by atoms with van der Waals surface area (Å²) in [5, 5.41) is 0. The van der Waals surface area contributed by atoms with Crippen molar-refractivity contribution in [2.75, 3.05) is 13.9 Å². The van der Waals surface area contributed by atoms with Crippen molar-refractivity contribution in [3.63, 3.8) is 0 Å². The van der Waals surface area contributed by atoms with E-state index in [1.165, 1.54) is 0 Å². The molecular formula is C11H19LiO2Si. The minimum absolute atomic E-state index is 0.